The van der Waals surface area contributed by atoms with E-state index in [9.17, 15) is 0 Å². The quantitative estimate of drug-likeness (QED) is 0.704. The van der Waals surface area contributed by atoms with Gasteiger partial charge in [0.05, 0.1) is 0 Å². The van der Waals surface area contributed by atoms with Crippen LogP contribution in [-0.2, 0) is 6.42 Å². The molecule has 68 valence electrons. The van der Waals surface area contributed by atoms with Crippen molar-refractivity contribution >= 4 is 23.7 Å². The predicted molar refractivity (Wildman–Crippen MR) is 55.4 cm³/mol. The highest BCUT2D eigenvalue weighted by Crippen LogP contribution is 2.23. The van der Waals surface area contributed by atoms with Gasteiger partial charge in [0, 0.05) is 11.3 Å². The maximum atomic E-state index is 5.52. The molecule has 0 radical (unpaired) electrons. The standard InChI is InChI=1S/C10H11NOS/c1-3-9-11-10-6(2)4-7(13)5-8(10)12-9/h4-5,13H,3H2,1-2H3. The topological polar surface area (TPSA) is 26.0 Å². The van der Waals surface area contributed by atoms with Crippen molar-refractivity contribution in [2.24, 2.45) is 0 Å². The van der Waals surface area contributed by atoms with E-state index in [1.807, 2.05) is 26.0 Å². The Kier molecular flexibility index (Phi) is 2.04. The molecule has 0 saturated carbocycles. The van der Waals surface area contributed by atoms with E-state index >= 15 is 0 Å². The smallest absolute Gasteiger partial charge is 0.195 e. The molecular formula is C10H11NOS. The number of rotatable bonds is 1. The zero-order chi connectivity index (χ0) is 9.42. The Balaban J connectivity index is 2.75. The number of hydrogen-bond acceptors (Lipinski definition) is 3. The van der Waals surface area contributed by atoms with Crippen LogP contribution in [0.1, 0.15) is 18.4 Å². The number of oxazole rings is 1. The molecule has 0 saturated heterocycles. The molecule has 3 heteroatoms. The molecule has 0 aliphatic rings. The number of benzene rings is 1. The third-order valence-electron chi connectivity index (χ3n) is 2.02. The van der Waals surface area contributed by atoms with Gasteiger partial charge in [-0.25, -0.2) is 4.98 Å². The van der Waals surface area contributed by atoms with Crippen LogP contribution in [0.5, 0.6) is 0 Å². The van der Waals surface area contributed by atoms with Gasteiger partial charge in [0.15, 0.2) is 11.5 Å². The second kappa shape index (κ2) is 3.07. The summed E-state index contributed by atoms with van der Waals surface area (Å²) in [4.78, 5) is 5.29. The SMILES string of the molecule is CCc1nc2c(C)cc(S)cc2o1. The number of aromatic nitrogens is 1. The second-order valence-electron chi connectivity index (χ2n) is 3.07. The van der Waals surface area contributed by atoms with Crippen molar-refractivity contribution < 1.29 is 4.42 Å². The van der Waals surface area contributed by atoms with E-state index in [2.05, 4.69) is 17.6 Å². The van der Waals surface area contributed by atoms with Crippen molar-refractivity contribution in [2.75, 3.05) is 0 Å². The molecule has 0 bridgehead atoms. The highest BCUT2D eigenvalue weighted by atomic mass is 32.1. The molecule has 0 aliphatic heterocycles. The van der Waals surface area contributed by atoms with Crippen LogP contribution in [0.3, 0.4) is 0 Å². The van der Waals surface area contributed by atoms with Gasteiger partial charge in [0.1, 0.15) is 5.52 Å². The van der Waals surface area contributed by atoms with Crippen molar-refractivity contribution in [2.45, 2.75) is 25.2 Å². The van der Waals surface area contributed by atoms with Gasteiger partial charge in [-0.2, -0.15) is 0 Å². The van der Waals surface area contributed by atoms with E-state index in [0.29, 0.717) is 0 Å². The van der Waals surface area contributed by atoms with Crippen LogP contribution in [-0.4, -0.2) is 4.98 Å². The van der Waals surface area contributed by atoms with Crippen LogP contribution in [0.25, 0.3) is 11.1 Å². The summed E-state index contributed by atoms with van der Waals surface area (Å²) >= 11 is 4.28. The Hall–Kier alpha value is -0.960. The van der Waals surface area contributed by atoms with E-state index in [0.717, 1.165) is 33.9 Å². The summed E-state index contributed by atoms with van der Waals surface area (Å²) in [7, 11) is 0. The average Bonchev–Trinajstić information content (AvgIpc) is 2.47. The van der Waals surface area contributed by atoms with Gasteiger partial charge < -0.3 is 4.42 Å². The highest BCUT2D eigenvalue weighted by Gasteiger charge is 2.06. The van der Waals surface area contributed by atoms with Gasteiger partial charge in [-0.15, -0.1) is 12.6 Å². The van der Waals surface area contributed by atoms with Gasteiger partial charge in [0.25, 0.3) is 0 Å². The summed E-state index contributed by atoms with van der Waals surface area (Å²) < 4.78 is 5.52. The lowest BCUT2D eigenvalue weighted by atomic mass is 10.2. The van der Waals surface area contributed by atoms with Crippen molar-refractivity contribution in [3.8, 4) is 0 Å². The monoisotopic (exact) mass is 193 g/mol. The maximum Gasteiger partial charge on any atom is 0.195 e. The third kappa shape index (κ3) is 1.44. The molecule has 13 heavy (non-hydrogen) atoms. The molecule has 0 aliphatic carbocycles. The number of thiol groups is 1. The molecule has 0 N–H and O–H groups in total. The molecule has 1 heterocycles. The van der Waals surface area contributed by atoms with E-state index in [1.165, 1.54) is 0 Å². The fourth-order valence-electron chi connectivity index (χ4n) is 1.38. The van der Waals surface area contributed by atoms with Crippen molar-refractivity contribution in [3.05, 3.63) is 23.6 Å². The third-order valence-corrected chi connectivity index (χ3v) is 2.28. The lowest BCUT2D eigenvalue weighted by molar-refractivity contribution is 0.537. The lowest BCUT2D eigenvalue weighted by Crippen LogP contribution is -1.79. The molecule has 0 spiro atoms. The van der Waals surface area contributed by atoms with Crippen molar-refractivity contribution in [1.29, 1.82) is 0 Å². The summed E-state index contributed by atoms with van der Waals surface area (Å²) in [6.07, 6.45) is 0.829. The zero-order valence-electron chi connectivity index (χ0n) is 7.66. The minimum absolute atomic E-state index is 0.789. The van der Waals surface area contributed by atoms with Gasteiger partial charge in [-0.1, -0.05) is 6.92 Å². The molecule has 0 unspecified atom stereocenters. The van der Waals surface area contributed by atoms with Gasteiger partial charge in [-0.05, 0) is 24.6 Å². The minimum atomic E-state index is 0.789. The Morgan fingerprint density at radius 2 is 2.23 bits per heavy atom. The summed E-state index contributed by atoms with van der Waals surface area (Å²) in [5.74, 6) is 0.789. The molecule has 0 fully saturated rings. The van der Waals surface area contributed by atoms with E-state index < -0.39 is 0 Å². The largest absolute Gasteiger partial charge is 0.441 e. The molecule has 2 aromatic rings. The van der Waals surface area contributed by atoms with E-state index in [1.54, 1.807) is 0 Å². The number of fused-ring (bicyclic) bond motifs is 1. The normalized spacial score (nSPS) is 11.0. The van der Waals surface area contributed by atoms with Gasteiger partial charge in [-0.3, -0.25) is 0 Å². The van der Waals surface area contributed by atoms with Gasteiger partial charge in [0.2, 0.25) is 0 Å². The summed E-state index contributed by atoms with van der Waals surface area (Å²) in [6, 6.07) is 3.89. The Morgan fingerprint density at radius 1 is 1.46 bits per heavy atom. The average molecular weight is 193 g/mol. The van der Waals surface area contributed by atoms with Crippen LogP contribution in [0.15, 0.2) is 21.4 Å². The minimum Gasteiger partial charge on any atom is -0.441 e. The Labute approximate surface area is 82.4 Å². The van der Waals surface area contributed by atoms with Crippen molar-refractivity contribution in [3.63, 3.8) is 0 Å². The predicted octanol–water partition coefficient (Wildman–Crippen LogP) is 2.99. The first-order chi connectivity index (χ1) is 6.20. The first kappa shape index (κ1) is 8.63. The highest BCUT2D eigenvalue weighted by molar-refractivity contribution is 7.80. The fourth-order valence-corrected chi connectivity index (χ4v) is 1.69. The summed E-state index contributed by atoms with van der Waals surface area (Å²) in [5, 5.41) is 0. The first-order valence-corrected chi connectivity index (χ1v) is 4.74. The van der Waals surface area contributed by atoms with Crippen LogP contribution >= 0.6 is 12.6 Å². The van der Waals surface area contributed by atoms with Crippen LogP contribution in [0.2, 0.25) is 0 Å². The van der Waals surface area contributed by atoms with Gasteiger partial charge >= 0.3 is 0 Å². The number of aryl methyl sites for hydroxylation is 2. The second-order valence-corrected chi connectivity index (χ2v) is 3.59. The van der Waals surface area contributed by atoms with Crippen molar-refractivity contribution in [1.82, 2.24) is 4.98 Å². The Bertz CT molecular complexity index is 447. The Morgan fingerprint density at radius 3 is 2.92 bits per heavy atom. The molecule has 1 aromatic heterocycles. The van der Waals surface area contributed by atoms with Crippen LogP contribution < -0.4 is 0 Å². The molecule has 2 nitrogen and oxygen atoms in total. The molecule has 0 atom stereocenters. The first-order valence-electron chi connectivity index (χ1n) is 4.29. The van der Waals surface area contributed by atoms with E-state index in [-0.39, 0.29) is 0 Å². The molecular weight excluding hydrogens is 182 g/mol. The fraction of sp³-hybridized carbons (Fsp3) is 0.300. The number of hydrogen-bond donors (Lipinski definition) is 1. The summed E-state index contributed by atoms with van der Waals surface area (Å²) in [5.41, 5.74) is 2.91. The van der Waals surface area contributed by atoms with E-state index in [4.69, 9.17) is 4.42 Å². The maximum absolute atomic E-state index is 5.52. The lowest BCUT2D eigenvalue weighted by Gasteiger charge is -1.94. The zero-order valence-corrected chi connectivity index (χ0v) is 8.56. The summed E-state index contributed by atoms with van der Waals surface area (Å²) in [6.45, 7) is 4.05. The van der Waals surface area contributed by atoms with Crippen LogP contribution in [0.4, 0.5) is 0 Å². The molecule has 2 rings (SSSR count). The molecule has 0 amide bonds. The number of nitrogens with zero attached hydrogens (tertiary/aromatic N) is 1. The van der Waals surface area contributed by atoms with Crippen LogP contribution in [0, 0.1) is 6.92 Å². The molecule has 1 aromatic carbocycles.